The Morgan fingerprint density at radius 3 is 2.30 bits per heavy atom. The molecular formula is C19H15BrO3. The molecule has 116 valence electrons. The van der Waals surface area contributed by atoms with Crippen LogP contribution in [0.2, 0.25) is 0 Å². The number of fused-ring (bicyclic) bond motifs is 1. The van der Waals surface area contributed by atoms with Crippen molar-refractivity contribution in [2.24, 2.45) is 0 Å². The quantitative estimate of drug-likeness (QED) is 0.480. The van der Waals surface area contributed by atoms with Gasteiger partial charge in [-0.15, -0.1) is 0 Å². The molecule has 3 aromatic carbocycles. The van der Waals surface area contributed by atoms with Crippen molar-refractivity contribution in [2.45, 2.75) is 13.0 Å². The van der Waals surface area contributed by atoms with E-state index in [2.05, 4.69) is 15.9 Å². The number of ether oxygens (including phenoxy) is 2. The molecule has 0 aromatic heterocycles. The fraction of sp³-hybridized carbons (Fsp3) is 0.105. The third-order valence-electron chi connectivity index (χ3n) is 3.40. The average Bonchev–Trinajstić information content (AvgIpc) is 2.56. The first-order chi connectivity index (χ1) is 11.1. The van der Waals surface area contributed by atoms with Crippen molar-refractivity contribution in [3.8, 4) is 11.5 Å². The topological polar surface area (TPSA) is 35.5 Å². The van der Waals surface area contributed by atoms with Crippen LogP contribution in [0.5, 0.6) is 11.5 Å². The van der Waals surface area contributed by atoms with Gasteiger partial charge in [0.15, 0.2) is 6.10 Å². The molecule has 0 bridgehead atoms. The molecule has 1 unspecified atom stereocenters. The van der Waals surface area contributed by atoms with Gasteiger partial charge in [0, 0.05) is 4.47 Å². The molecule has 0 radical (unpaired) electrons. The lowest BCUT2D eigenvalue weighted by Gasteiger charge is -2.14. The molecule has 3 rings (SSSR count). The summed E-state index contributed by atoms with van der Waals surface area (Å²) in [5, 5.41) is 2.13. The summed E-state index contributed by atoms with van der Waals surface area (Å²) >= 11 is 3.36. The van der Waals surface area contributed by atoms with Crippen molar-refractivity contribution in [1.82, 2.24) is 0 Å². The highest BCUT2D eigenvalue weighted by molar-refractivity contribution is 9.10. The SMILES string of the molecule is CC(Oc1ccc(Br)cc1)C(=O)Oc1ccc2ccccc2c1. The summed E-state index contributed by atoms with van der Waals surface area (Å²) in [6, 6.07) is 20.8. The Bertz CT molecular complexity index is 827. The van der Waals surface area contributed by atoms with Crippen LogP contribution >= 0.6 is 15.9 Å². The second-order valence-corrected chi connectivity index (χ2v) is 6.06. The normalized spacial score (nSPS) is 11.9. The van der Waals surface area contributed by atoms with E-state index in [1.807, 2.05) is 48.5 Å². The number of halogens is 1. The van der Waals surface area contributed by atoms with Crippen molar-refractivity contribution < 1.29 is 14.3 Å². The molecule has 0 N–H and O–H groups in total. The van der Waals surface area contributed by atoms with Crippen LogP contribution in [0.3, 0.4) is 0 Å². The molecule has 0 aliphatic rings. The predicted octanol–water partition coefficient (Wildman–Crippen LogP) is 4.98. The highest BCUT2D eigenvalue weighted by Gasteiger charge is 2.17. The zero-order chi connectivity index (χ0) is 16.2. The summed E-state index contributed by atoms with van der Waals surface area (Å²) in [6.07, 6.45) is -0.692. The number of esters is 1. The first-order valence-electron chi connectivity index (χ1n) is 7.24. The Labute approximate surface area is 143 Å². The molecule has 0 saturated carbocycles. The van der Waals surface area contributed by atoms with E-state index in [1.54, 1.807) is 25.1 Å². The van der Waals surface area contributed by atoms with E-state index in [1.165, 1.54) is 0 Å². The lowest BCUT2D eigenvalue weighted by molar-refractivity contribution is -0.141. The van der Waals surface area contributed by atoms with Gasteiger partial charge in [0.1, 0.15) is 11.5 Å². The monoisotopic (exact) mass is 370 g/mol. The molecule has 0 heterocycles. The van der Waals surface area contributed by atoms with Crippen molar-refractivity contribution in [2.75, 3.05) is 0 Å². The van der Waals surface area contributed by atoms with Gasteiger partial charge in [0.2, 0.25) is 0 Å². The van der Waals surface area contributed by atoms with Gasteiger partial charge in [-0.3, -0.25) is 0 Å². The molecule has 0 amide bonds. The Hall–Kier alpha value is -2.33. The van der Waals surface area contributed by atoms with Crippen LogP contribution in [0.25, 0.3) is 10.8 Å². The number of hydrogen-bond donors (Lipinski definition) is 0. The molecule has 4 heteroatoms. The van der Waals surface area contributed by atoms with Gasteiger partial charge >= 0.3 is 5.97 Å². The smallest absolute Gasteiger partial charge is 0.352 e. The lowest BCUT2D eigenvalue weighted by Crippen LogP contribution is -2.28. The molecule has 0 aliphatic carbocycles. The summed E-state index contributed by atoms with van der Waals surface area (Å²) < 4.78 is 12.0. The maximum Gasteiger partial charge on any atom is 0.352 e. The van der Waals surface area contributed by atoms with Crippen molar-refractivity contribution in [3.05, 3.63) is 71.2 Å². The van der Waals surface area contributed by atoms with E-state index in [-0.39, 0.29) is 0 Å². The van der Waals surface area contributed by atoms with Crippen LogP contribution in [0.4, 0.5) is 0 Å². The first-order valence-corrected chi connectivity index (χ1v) is 8.04. The second kappa shape index (κ2) is 6.84. The van der Waals surface area contributed by atoms with Crippen molar-refractivity contribution in [1.29, 1.82) is 0 Å². The largest absolute Gasteiger partial charge is 0.479 e. The number of carbonyl (C=O) groups excluding carboxylic acids is 1. The molecule has 1 atom stereocenters. The molecule has 0 spiro atoms. The molecule has 3 nitrogen and oxygen atoms in total. The average molecular weight is 371 g/mol. The van der Waals surface area contributed by atoms with E-state index in [4.69, 9.17) is 9.47 Å². The van der Waals surface area contributed by atoms with Crippen molar-refractivity contribution >= 4 is 32.7 Å². The third kappa shape index (κ3) is 3.90. The number of carbonyl (C=O) groups is 1. The van der Waals surface area contributed by atoms with Gasteiger partial charge in [0.25, 0.3) is 0 Å². The zero-order valence-electron chi connectivity index (χ0n) is 12.5. The Balaban J connectivity index is 1.68. The fourth-order valence-electron chi connectivity index (χ4n) is 2.20. The van der Waals surface area contributed by atoms with Crippen LogP contribution in [-0.4, -0.2) is 12.1 Å². The van der Waals surface area contributed by atoms with Gasteiger partial charge in [-0.1, -0.05) is 46.3 Å². The minimum Gasteiger partial charge on any atom is -0.479 e. The van der Waals surface area contributed by atoms with Crippen LogP contribution < -0.4 is 9.47 Å². The number of benzene rings is 3. The van der Waals surface area contributed by atoms with Gasteiger partial charge in [0.05, 0.1) is 0 Å². The zero-order valence-corrected chi connectivity index (χ0v) is 14.1. The minimum absolute atomic E-state index is 0.428. The van der Waals surface area contributed by atoms with E-state index >= 15 is 0 Å². The predicted molar refractivity (Wildman–Crippen MR) is 93.8 cm³/mol. The highest BCUT2D eigenvalue weighted by Crippen LogP contribution is 2.22. The molecule has 23 heavy (non-hydrogen) atoms. The van der Waals surface area contributed by atoms with Crippen LogP contribution in [0.15, 0.2) is 71.2 Å². The second-order valence-electron chi connectivity index (χ2n) is 5.14. The molecular weight excluding hydrogens is 356 g/mol. The highest BCUT2D eigenvalue weighted by atomic mass is 79.9. The fourth-order valence-corrected chi connectivity index (χ4v) is 2.46. The van der Waals surface area contributed by atoms with E-state index in [0.29, 0.717) is 11.5 Å². The van der Waals surface area contributed by atoms with Crippen LogP contribution in [0.1, 0.15) is 6.92 Å². The first kappa shape index (κ1) is 15.6. The standard InChI is InChI=1S/C19H15BrO3/c1-13(22-17-10-7-16(20)8-11-17)19(21)23-18-9-6-14-4-2-3-5-15(14)12-18/h2-13H,1H3. The number of hydrogen-bond acceptors (Lipinski definition) is 3. The Kier molecular flexibility index (Phi) is 4.63. The third-order valence-corrected chi connectivity index (χ3v) is 3.93. The summed E-state index contributed by atoms with van der Waals surface area (Å²) in [5.74, 6) is 0.708. The molecule has 0 fully saturated rings. The maximum absolute atomic E-state index is 12.2. The summed E-state index contributed by atoms with van der Waals surface area (Å²) in [5.41, 5.74) is 0. The van der Waals surface area contributed by atoms with Gasteiger partial charge in [-0.25, -0.2) is 4.79 Å². The molecule has 3 aromatic rings. The summed E-state index contributed by atoms with van der Waals surface area (Å²) in [7, 11) is 0. The van der Waals surface area contributed by atoms with Crippen LogP contribution in [0, 0.1) is 0 Å². The maximum atomic E-state index is 12.2. The molecule has 0 aliphatic heterocycles. The minimum atomic E-state index is -0.692. The van der Waals surface area contributed by atoms with Gasteiger partial charge in [-0.05, 0) is 54.1 Å². The Morgan fingerprint density at radius 1 is 0.913 bits per heavy atom. The van der Waals surface area contributed by atoms with E-state index < -0.39 is 12.1 Å². The van der Waals surface area contributed by atoms with E-state index in [9.17, 15) is 4.79 Å². The molecule has 0 saturated heterocycles. The van der Waals surface area contributed by atoms with Gasteiger partial charge < -0.3 is 9.47 Å². The number of rotatable bonds is 4. The van der Waals surface area contributed by atoms with Crippen molar-refractivity contribution in [3.63, 3.8) is 0 Å². The van der Waals surface area contributed by atoms with Crippen LogP contribution in [-0.2, 0) is 4.79 Å². The Morgan fingerprint density at radius 2 is 1.57 bits per heavy atom. The summed E-state index contributed by atoms with van der Waals surface area (Å²) in [4.78, 5) is 12.2. The summed E-state index contributed by atoms with van der Waals surface area (Å²) in [6.45, 7) is 1.67. The van der Waals surface area contributed by atoms with Gasteiger partial charge in [-0.2, -0.15) is 0 Å². The lowest BCUT2D eigenvalue weighted by atomic mass is 10.1. The van der Waals surface area contributed by atoms with E-state index in [0.717, 1.165) is 15.2 Å².